The summed E-state index contributed by atoms with van der Waals surface area (Å²) in [6.45, 7) is 1.95. The molecular weight excluding hydrogens is 194 g/mol. The Bertz CT molecular complexity index is 333. The van der Waals surface area contributed by atoms with Gasteiger partial charge >= 0.3 is 5.97 Å². The summed E-state index contributed by atoms with van der Waals surface area (Å²) in [6.07, 6.45) is 0. The minimum Gasteiger partial charge on any atom is -0.462 e. The molecule has 0 N–H and O–H groups in total. The Morgan fingerprint density at radius 2 is 2.46 bits per heavy atom. The lowest BCUT2D eigenvalue weighted by atomic mass is 10.4. The highest BCUT2D eigenvalue weighted by atomic mass is 32.1. The molecule has 6 heteroatoms. The fraction of sp³-hybridized carbons (Fsp3) is 0.286. The average molecular weight is 201 g/mol. The van der Waals surface area contributed by atoms with Crippen molar-refractivity contribution in [1.29, 1.82) is 0 Å². The molecule has 0 aromatic carbocycles. The monoisotopic (exact) mass is 201 g/mol. The van der Waals surface area contributed by atoms with Crippen LogP contribution in [0.1, 0.15) is 16.6 Å². The normalized spacial score (nSPS) is 9.62. The zero-order valence-corrected chi connectivity index (χ0v) is 7.67. The van der Waals surface area contributed by atoms with Crippen molar-refractivity contribution < 1.29 is 14.5 Å². The molecule has 0 unspecified atom stereocenters. The van der Waals surface area contributed by atoms with Crippen molar-refractivity contribution in [3.63, 3.8) is 0 Å². The van der Waals surface area contributed by atoms with Crippen LogP contribution in [0.5, 0.6) is 0 Å². The van der Waals surface area contributed by atoms with Gasteiger partial charge in [0, 0.05) is 6.07 Å². The van der Waals surface area contributed by atoms with Gasteiger partial charge in [-0.15, -0.1) is 11.3 Å². The summed E-state index contributed by atoms with van der Waals surface area (Å²) in [6, 6.07) is 1.21. The van der Waals surface area contributed by atoms with E-state index in [1.807, 2.05) is 0 Å². The van der Waals surface area contributed by atoms with Crippen molar-refractivity contribution in [3.05, 3.63) is 26.4 Å². The van der Waals surface area contributed by atoms with Gasteiger partial charge in [0.2, 0.25) is 0 Å². The average Bonchev–Trinajstić information content (AvgIpc) is 2.52. The number of hydrogen-bond acceptors (Lipinski definition) is 5. The SMILES string of the molecule is CCOC(=O)c1cc([N+](=O)[O-])cs1. The minimum absolute atomic E-state index is 0.0759. The summed E-state index contributed by atoms with van der Waals surface area (Å²) < 4.78 is 4.67. The summed E-state index contributed by atoms with van der Waals surface area (Å²) in [4.78, 5) is 21.0. The molecule has 5 nitrogen and oxygen atoms in total. The standard InChI is InChI=1S/C7H7NO4S/c1-2-12-7(9)6-3-5(4-13-6)8(10)11/h3-4H,2H2,1H3. The number of esters is 1. The number of ether oxygens (including phenoxy) is 1. The van der Waals surface area contributed by atoms with Crippen molar-refractivity contribution in [2.45, 2.75) is 6.92 Å². The Morgan fingerprint density at radius 1 is 1.77 bits per heavy atom. The molecule has 0 bridgehead atoms. The summed E-state index contributed by atoms with van der Waals surface area (Å²) >= 11 is 1.01. The Balaban J connectivity index is 2.79. The van der Waals surface area contributed by atoms with Crippen LogP contribution in [0, 0.1) is 10.1 Å². The fourth-order valence-electron chi connectivity index (χ4n) is 0.731. The van der Waals surface area contributed by atoms with Crippen molar-refractivity contribution in [3.8, 4) is 0 Å². The van der Waals surface area contributed by atoms with Crippen LogP contribution in [0.15, 0.2) is 11.4 Å². The summed E-state index contributed by atoms with van der Waals surface area (Å²) in [7, 11) is 0. The van der Waals surface area contributed by atoms with Crippen LogP contribution in [0.25, 0.3) is 0 Å². The predicted molar refractivity (Wildman–Crippen MR) is 46.9 cm³/mol. The second-order valence-electron chi connectivity index (χ2n) is 2.15. The van der Waals surface area contributed by atoms with Crippen molar-refractivity contribution in [1.82, 2.24) is 0 Å². The molecule has 0 radical (unpaired) electrons. The van der Waals surface area contributed by atoms with Crippen LogP contribution in [0.4, 0.5) is 5.69 Å². The van der Waals surface area contributed by atoms with Gasteiger partial charge in [-0.1, -0.05) is 0 Å². The van der Waals surface area contributed by atoms with Crippen molar-refractivity contribution in [2.24, 2.45) is 0 Å². The molecule has 0 fully saturated rings. The number of rotatable bonds is 3. The second kappa shape index (κ2) is 3.99. The molecule has 1 aromatic rings. The molecular formula is C7H7NO4S. The van der Waals surface area contributed by atoms with E-state index in [0.717, 1.165) is 11.3 Å². The molecule has 13 heavy (non-hydrogen) atoms. The van der Waals surface area contributed by atoms with Gasteiger partial charge in [0.15, 0.2) is 0 Å². The van der Waals surface area contributed by atoms with Gasteiger partial charge in [-0.2, -0.15) is 0 Å². The van der Waals surface area contributed by atoms with E-state index in [1.165, 1.54) is 11.4 Å². The first-order valence-electron chi connectivity index (χ1n) is 3.55. The van der Waals surface area contributed by atoms with E-state index >= 15 is 0 Å². The zero-order chi connectivity index (χ0) is 9.84. The molecule has 0 amide bonds. The smallest absolute Gasteiger partial charge is 0.348 e. The molecule has 0 saturated carbocycles. The van der Waals surface area contributed by atoms with E-state index < -0.39 is 10.9 Å². The largest absolute Gasteiger partial charge is 0.462 e. The number of nitrogens with zero attached hydrogens (tertiary/aromatic N) is 1. The molecule has 1 heterocycles. The lowest BCUT2D eigenvalue weighted by molar-refractivity contribution is -0.384. The molecule has 0 aliphatic carbocycles. The highest BCUT2D eigenvalue weighted by molar-refractivity contribution is 7.12. The van der Waals surface area contributed by atoms with E-state index in [9.17, 15) is 14.9 Å². The highest BCUT2D eigenvalue weighted by Crippen LogP contribution is 2.21. The minimum atomic E-state index is -0.542. The van der Waals surface area contributed by atoms with Crippen LogP contribution in [0.3, 0.4) is 0 Å². The molecule has 70 valence electrons. The molecule has 0 spiro atoms. The first-order chi connectivity index (χ1) is 6.15. The topological polar surface area (TPSA) is 69.4 Å². The Labute approximate surface area is 78.1 Å². The number of nitro groups is 1. The third-order valence-corrected chi connectivity index (χ3v) is 2.17. The second-order valence-corrected chi connectivity index (χ2v) is 3.06. The van der Waals surface area contributed by atoms with Gasteiger partial charge in [-0.25, -0.2) is 4.79 Å². The molecule has 0 atom stereocenters. The van der Waals surface area contributed by atoms with Gasteiger partial charge < -0.3 is 4.74 Å². The van der Waals surface area contributed by atoms with Crippen LogP contribution in [0.2, 0.25) is 0 Å². The third-order valence-electron chi connectivity index (χ3n) is 1.27. The van der Waals surface area contributed by atoms with E-state index in [-0.39, 0.29) is 17.2 Å². The highest BCUT2D eigenvalue weighted by Gasteiger charge is 2.15. The number of thiophene rings is 1. The first kappa shape index (κ1) is 9.66. The lowest BCUT2D eigenvalue weighted by Crippen LogP contribution is -2.01. The van der Waals surface area contributed by atoms with E-state index in [1.54, 1.807) is 6.92 Å². The van der Waals surface area contributed by atoms with Crippen LogP contribution < -0.4 is 0 Å². The maximum absolute atomic E-state index is 11.0. The Hall–Kier alpha value is -1.43. The maximum atomic E-state index is 11.0. The van der Waals surface area contributed by atoms with Crippen molar-refractivity contribution in [2.75, 3.05) is 6.61 Å². The molecule has 0 aliphatic heterocycles. The number of carbonyl (C=O) groups excluding carboxylic acids is 1. The Morgan fingerprint density at radius 3 is 2.92 bits per heavy atom. The van der Waals surface area contributed by atoms with Crippen LogP contribution in [-0.2, 0) is 4.74 Å². The Kier molecular flexibility index (Phi) is 2.97. The summed E-state index contributed by atoms with van der Waals surface area (Å²) in [5.41, 5.74) is -0.0759. The molecule has 1 aromatic heterocycles. The number of carbonyl (C=O) groups is 1. The van der Waals surface area contributed by atoms with Gasteiger partial charge in [-0.05, 0) is 6.92 Å². The first-order valence-corrected chi connectivity index (χ1v) is 4.43. The fourth-order valence-corrected chi connectivity index (χ4v) is 1.48. The van der Waals surface area contributed by atoms with Crippen LogP contribution in [-0.4, -0.2) is 17.5 Å². The molecule has 0 aliphatic rings. The zero-order valence-electron chi connectivity index (χ0n) is 6.85. The molecule has 0 saturated heterocycles. The summed E-state index contributed by atoms with van der Waals surface area (Å²) in [5.74, 6) is -0.513. The lowest BCUT2D eigenvalue weighted by Gasteiger charge is -1.95. The summed E-state index contributed by atoms with van der Waals surface area (Å²) in [5, 5.41) is 11.6. The van der Waals surface area contributed by atoms with Gasteiger partial charge in [0.25, 0.3) is 5.69 Å². The third kappa shape index (κ3) is 2.25. The van der Waals surface area contributed by atoms with E-state index in [4.69, 9.17) is 0 Å². The van der Waals surface area contributed by atoms with E-state index in [2.05, 4.69) is 4.74 Å². The van der Waals surface area contributed by atoms with Gasteiger partial charge in [0.05, 0.1) is 16.9 Å². The van der Waals surface area contributed by atoms with Gasteiger partial charge in [-0.3, -0.25) is 10.1 Å². The predicted octanol–water partition coefficient (Wildman–Crippen LogP) is 1.83. The van der Waals surface area contributed by atoms with Crippen molar-refractivity contribution >= 4 is 23.0 Å². The molecule has 1 rings (SSSR count). The quantitative estimate of drug-likeness (QED) is 0.425. The van der Waals surface area contributed by atoms with E-state index in [0.29, 0.717) is 0 Å². The number of hydrogen-bond donors (Lipinski definition) is 0. The maximum Gasteiger partial charge on any atom is 0.348 e. The van der Waals surface area contributed by atoms with Gasteiger partial charge in [0.1, 0.15) is 4.88 Å². The van der Waals surface area contributed by atoms with Crippen LogP contribution >= 0.6 is 11.3 Å².